The summed E-state index contributed by atoms with van der Waals surface area (Å²) >= 11 is 2.73. The summed E-state index contributed by atoms with van der Waals surface area (Å²) in [6.45, 7) is 2.07. The second-order valence-electron chi connectivity index (χ2n) is 6.70. The van der Waals surface area contributed by atoms with Crippen molar-refractivity contribution in [1.82, 2.24) is 0 Å². The zero-order valence-corrected chi connectivity index (χ0v) is 17.3. The minimum Gasteiger partial charge on any atom is -0.462 e. The highest BCUT2D eigenvalue weighted by Crippen LogP contribution is 2.38. The lowest BCUT2D eigenvalue weighted by atomic mass is 9.89. The van der Waals surface area contributed by atoms with E-state index in [-0.39, 0.29) is 12.5 Å². The number of aryl methyl sites for hydroxylation is 2. The van der Waals surface area contributed by atoms with Gasteiger partial charge in [-0.3, -0.25) is 4.79 Å². The highest BCUT2D eigenvalue weighted by Gasteiger charge is 2.24. The Kier molecular flexibility index (Phi) is 5.59. The van der Waals surface area contributed by atoms with Gasteiger partial charge in [-0.2, -0.15) is 0 Å². The molecule has 4 rings (SSSR count). The maximum atomic E-state index is 12.7. The van der Waals surface area contributed by atoms with Crippen molar-refractivity contribution in [2.24, 2.45) is 0 Å². The average Bonchev–Trinajstić information content (AvgIpc) is 3.38. The molecular formula is C22H21NO3S2. The largest absolute Gasteiger partial charge is 0.462 e. The standard InChI is InChI=1S/C22H21NO3S2/c1-2-26-22(25)19-17(16-10-9-14-6-3-4-7-15(14)12-16)13-28-21(19)23-20(24)18-8-5-11-27-18/h5,8-13H,2-4,6-7H2,1H3,(H,23,24). The van der Waals surface area contributed by atoms with E-state index in [1.165, 1.54) is 46.6 Å². The number of thiophene rings is 2. The number of hydrogen-bond acceptors (Lipinski definition) is 5. The van der Waals surface area contributed by atoms with Crippen molar-refractivity contribution in [2.75, 3.05) is 11.9 Å². The number of hydrogen-bond donors (Lipinski definition) is 1. The number of anilines is 1. The van der Waals surface area contributed by atoms with Crippen LogP contribution >= 0.6 is 22.7 Å². The molecule has 0 aliphatic heterocycles. The molecule has 3 aromatic rings. The van der Waals surface area contributed by atoms with Crippen molar-refractivity contribution >= 4 is 39.6 Å². The van der Waals surface area contributed by atoms with Gasteiger partial charge in [-0.25, -0.2) is 4.79 Å². The maximum Gasteiger partial charge on any atom is 0.341 e. The zero-order chi connectivity index (χ0) is 19.5. The van der Waals surface area contributed by atoms with E-state index in [4.69, 9.17) is 4.74 Å². The van der Waals surface area contributed by atoms with Crippen LogP contribution in [0, 0.1) is 0 Å². The smallest absolute Gasteiger partial charge is 0.341 e. The van der Waals surface area contributed by atoms with Gasteiger partial charge in [0.25, 0.3) is 5.91 Å². The quantitative estimate of drug-likeness (QED) is 0.541. The molecule has 2 heterocycles. The van der Waals surface area contributed by atoms with E-state index in [0.717, 1.165) is 24.0 Å². The van der Waals surface area contributed by atoms with Crippen molar-refractivity contribution in [3.63, 3.8) is 0 Å². The van der Waals surface area contributed by atoms with Gasteiger partial charge in [0.1, 0.15) is 10.6 Å². The Hall–Kier alpha value is -2.44. The Morgan fingerprint density at radius 3 is 2.68 bits per heavy atom. The van der Waals surface area contributed by atoms with Gasteiger partial charge in [-0.1, -0.05) is 24.3 Å². The van der Waals surface area contributed by atoms with Crippen LogP contribution in [-0.2, 0) is 17.6 Å². The number of nitrogens with one attached hydrogen (secondary N) is 1. The lowest BCUT2D eigenvalue weighted by molar-refractivity contribution is 0.0529. The van der Waals surface area contributed by atoms with E-state index in [9.17, 15) is 9.59 Å². The summed E-state index contributed by atoms with van der Waals surface area (Å²) in [6.07, 6.45) is 4.63. The molecule has 6 heteroatoms. The molecule has 1 N–H and O–H groups in total. The Morgan fingerprint density at radius 1 is 1.11 bits per heavy atom. The molecule has 144 valence electrons. The summed E-state index contributed by atoms with van der Waals surface area (Å²) in [5, 5.41) is 7.21. The van der Waals surface area contributed by atoms with Crippen LogP contribution < -0.4 is 5.32 Å². The predicted molar refractivity (Wildman–Crippen MR) is 115 cm³/mol. The first-order chi connectivity index (χ1) is 13.7. The molecule has 0 spiro atoms. The Morgan fingerprint density at radius 2 is 1.93 bits per heavy atom. The Bertz CT molecular complexity index is 1000. The first-order valence-corrected chi connectivity index (χ1v) is 11.2. The van der Waals surface area contributed by atoms with E-state index < -0.39 is 5.97 Å². The number of rotatable bonds is 5. The minimum atomic E-state index is -0.405. The lowest BCUT2D eigenvalue weighted by Crippen LogP contribution is -2.13. The number of fused-ring (bicyclic) bond motifs is 1. The third-order valence-electron chi connectivity index (χ3n) is 4.90. The molecule has 0 radical (unpaired) electrons. The van der Waals surface area contributed by atoms with Crippen molar-refractivity contribution in [1.29, 1.82) is 0 Å². The summed E-state index contributed by atoms with van der Waals surface area (Å²) in [6, 6.07) is 10.0. The number of benzene rings is 1. The second-order valence-corrected chi connectivity index (χ2v) is 8.52. The third kappa shape index (κ3) is 3.75. The molecule has 0 bridgehead atoms. The molecule has 1 aliphatic carbocycles. The monoisotopic (exact) mass is 411 g/mol. The van der Waals surface area contributed by atoms with Crippen molar-refractivity contribution in [2.45, 2.75) is 32.6 Å². The fraction of sp³-hybridized carbons (Fsp3) is 0.273. The van der Waals surface area contributed by atoms with Crippen molar-refractivity contribution in [3.05, 3.63) is 62.7 Å². The molecule has 0 atom stereocenters. The van der Waals surface area contributed by atoms with E-state index in [1.54, 1.807) is 13.0 Å². The zero-order valence-electron chi connectivity index (χ0n) is 15.6. The first kappa shape index (κ1) is 18.9. The fourth-order valence-electron chi connectivity index (χ4n) is 3.54. The maximum absolute atomic E-state index is 12.7. The highest BCUT2D eigenvalue weighted by atomic mass is 32.1. The first-order valence-electron chi connectivity index (χ1n) is 9.43. The van der Waals surface area contributed by atoms with Gasteiger partial charge in [-0.15, -0.1) is 22.7 Å². The SMILES string of the molecule is CCOC(=O)c1c(-c2ccc3c(c2)CCCC3)csc1NC(=O)c1cccs1. The normalized spacial score (nSPS) is 13.0. The molecule has 4 nitrogen and oxygen atoms in total. The molecular weight excluding hydrogens is 390 g/mol. The molecule has 0 saturated heterocycles. The van der Waals surface area contributed by atoms with Gasteiger partial charge in [0.15, 0.2) is 0 Å². The van der Waals surface area contributed by atoms with E-state index in [2.05, 4.69) is 23.5 Å². The minimum absolute atomic E-state index is 0.209. The number of amides is 1. The van der Waals surface area contributed by atoms with Crippen LogP contribution in [0.15, 0.2) is 41.1 Å². The van der Waals surface area contributed by atoms with Crippen LogP contribution in [0.2, 0.25) is 0 Å². The summed E-state index contributed by atoms with van der Waals surface area (Å²) in [4.78, 5) is 25.8. The number of ether oxygens (including phenoxy) is 1. The molecule has 0 fully saturated rings. The summed E-state index contributed by atoms with van der Waals surface area (Å²) < 4.78 is 5.29. The fourth-order valence-corrected chi connectivity index (χ4v) is 5.11. The molecule has 0 saturated carbocycles. The van der Waals surface area contributed by atoms with Crippen LogP contribution in [0.4, 0.5) is 5.00 Å². The second kappa shape index (κ2) is 8.29. The van der Waals surface area contributed by atoms with Gasteiger partial charge in [0.2, 0.25) is 0 Å². The number of esters is 1. The van der Waals surface area contributed by atoms with Crippen molar-refractivity contribution in [3.8, 4) is 11.1 Å². The van der Waals surface area contributed by atoms with Crippen LogP contribution in [-0.4, -0.2) is 18.5 Å². The molecule has 1 aliphatic rings. The predicted octanol–water partition coefficient (Wildman–Crippen LogP) is 5.78. The van der Waals surface area contributed by atoms with Crippen LogP contribution in [0.25, 0.3) is 11.1 Å². The Balaban J connectivity index is 1.72. The molecule has 1 amide bonds. The van der Waals surface area contributed by atoms with Gasteiger partial charge < -0.3 is 10.1 Å². The molecule has 0 unspecified atom stereocenters. The van der Waals surface area contributed by atoms with Crippen LogP contribution in [0.1, 0.15) is 50.9 Å². The summed E-state index contributed by atoms with van der Waals surface area (Å²) in [5.41, 5.74) is 5.01. The van der Waals surface area contributed by atoms with Gasteiger partial charge in [0.05, 0.1) is 11.5 Å². The van der Waals surface area contributed by atoms with Gasteiger partial charge >= 0.3 is 5.97 Å². The van der Waals surface area contributed by atoms with E-state index in [1.807, 2.05) is 16.8 Å². The third-order valence-corrected chi connectivity index (χ3v) is 6.67. The van der Waals surface area contributed by atoms with Gasteiger partial charge in [0, 0.05) is 10.9 Å². The van der Waals surface area contributed by atoms with E-state index in [0.29, 0.717) is 15.4 Å². The topological polar surface area (TPSA) is 55.4 Å². The van der Waals surface area contributed by atoms with Crippen LogP contribution in [0.5, 0.6) is 0 Å². The van der Waals surface area contributed by atoms with Gasteiger partial charge in [-0.05, 0) is 60.7 Å². The lowest BCUT2D eigenvalue weighted by Gasteiger charge is -2.17. The van der Waals surface area contributed by atoms with E-state index >= 15 is 0 Å². The number of carbonyl (C=O) groups is 2. The number of carbonyl (C=O) groups excluding carboxylic acids is 2. The average molecular weight is 412 g/mol. The highest BCUT2D eigenvalue weighted by molar-refractivity contribution is 7.15. The summed E-state index contributed by atoms with van der Waals surface area (Å²) in [7, 11) is 0. The molecule has 2 aromatic heterocycles. The molecule has 1 aromatic carbocycles. The molecule has 28 heavy (non-hydrogen) atoms. The van der Waals surface area contributed by atoms with Crippen molar-refractivity contribution < 1.29 is 14.3 Å². The Labute approximate surface area is 172 Å². The van der Waals surface area contributed by atoms with Crippen LogP contribution in [0.3, 0.4) is 0 Å². The summed E-state index contributed by atoms with van der Waals surface area (Å²) in [5.74, 6) is -0.614.